The van der Waals surface area contributed by atoms with E-state index in [9.17, 15) is 0 Å². The predicted octanol–water partition coefficient (Wildman–Crippen LogP) is 4.88. The first-order valence-corrected chi connectivity index (χ1v) is 8.30. The lowest BCUT2D eigenvalue weighted by Crippen LogP contribution is -2.07. The van der Waals surface area contributed by atoms with Gasteiger partial charge in [-0.15, -0.1) is 0 Å². The lowest BCUT2D eigenvalue weighted by Gasteiger charge is -2.08. The highest BCUT2D eigenvalue weighted by atomic mass is 79.9. The predicted molar refractivity (Wildman–Crippen MR) is 91.0 cm³/mol. The summed E-state index contributed by atoms with van der Waals surface area (Å²) in [6, 6.07) is 8.37. The zero-order chi connectivity index (χ0) is 15.0. The number of hydrogen-bond donors (Lipinski definition) is 0. The van der Waals surface area contributed by atoms with Crippen LogP contribution in [0.25, 0.3) is 10.9 Å². The van der Waals surface area contributed by atoms with E-state index in [-0.39, 0.29) is 0 Å². The Morgan fingerprint density at radius 3 is 2.76 bits per heavy atom. The second kappa shape index (κ2) is 5.85. The van der Waals surface area contributed by atoms with Crippen LogP contribution in [0.3, 0.4) is 0 Å². The van der Waals surface area contributed by atoms with Crippen molar-refractivity contribution in [2.45, 2.75) is 33.4 Å². The summed E-state index contributed by atoms with van der Waals surface area (Å²) < 4.78 is 5.34. The van der Waals surface area contributed by atoms with E-state index in [0.717, 1.165) is 40.4 Å². The van der Waals surface area contributed by atoms with Gasteiger partial charge in [0.25, 0.3) is 0 Å². The number of benzene rings is 1. The van der Waals surface area contributed by atoms with Crippen molar-refractivity contribution in [1.29, 1.82) is 0 Å². The number of nitrogens with zero attached hydrogens (tertiary/aromatic N) is 3. The first-order valence-electron chi connectivity index (χ1n) is 7.13. The fourth-order valence-electron chi connectivity index (χ4n) is 2.65. The fourth-order valence-corrected chi connectivity index (χ4v) is 3.47. The van der Waals surface area contributed by atoms with E-state index < -0.39 is 0 Å². The van der Waals surface area contributed by atoms with E-state index in [4.69, 9.17) is 11.6 Å². The van der Waals surface area contributed by atoms with Crippen molar-refractivity contribution in [3.05, 3.63) is 51.3 Å². The monoisotopic (exact) mass is 365 g/mol. The number of hydrogen-bond acceptors (Lipinski definition) is 1. The smallest absolute Gasteiger partial charge is 0.0868 e. The third-order valence-electron chi connectivity index (χ3n) is 3.77. The van der Waals surface area contributed by atoms with Gasteiger partial charge in [0.1, 0.15) is 0 Å². The van der Waals surface area contributed by atoms with Crippen LogP contribution in [0, 0.1) is 0 Å². The molecule has 0 bridgehead atoms. The molecular formula is C16H17BrClN3. The number of halogens is 2. The topological polar surface area (TPSA) is 22.8 Å². The Morgan fingerprint density at radius 2 is 2.05 bits per heavy atom. The van der Waals surface area contributed by atoms with E-state index in [1.807, 2.05) is 4.68 Å². The van der Waals surface area contributed by atoms with Gasteiger partial charge in [0, 0.05) is 28.1 Å². The Hall–Kier alpha value is -1.26. The standard InChI is InChI=1S/C16H17BrClN3/c1-3-13-16(18)15(21(4-2)19-13)10-20-9-8-11-12(17)6-5-7-14(11)20/h5-9H,3-4,10H2,1-2H3. The number of rotatable bonds is 4. The molecular weight excluding hydrogens is 350 g/mol. The molecule has 3 rings (SSSR count). The van der Waals surface area contributed by atoms with Crippen molar-refractivity contribution in [3.63, 3.8) is 0 Å². The van der Waals surface area contributed by atoms with Crippen LogP contribution in [-0.4, -0.2) is 14.3 Å². The minimum Gasteiger partial charge on any atom is -0.341 e. The molecule has 0 spiro atoms. The second-order valence-corrected chi connectivity index (χ2v) is 6.23. The summed E-state index contributed by atoms with van der Waals surface area (Å²) in [4.78, 5) is 0. The van der Waals surface area contributed by atoms with Gasteiger partial charge >= 0.3 is 0 Å². The zero-order valence-corrected chi connectivity index (χ0v) is 14.4. The van der Waals surface area contributed by atoms with Gasteiger partial charge in [0.2, 0.25) is 0 Å². The molecule has 0 saturated carbocycles. The van der Waals surface area contributed by atoms with Gasteiger partial charge in [0.15, 0.2) is 0 Å². The Bertz CT molecular complexity index is 788. The molecule has 0 aliphatic carbocycles. The molecule has 2 aromatic heterocycles. The molecule has 0 aliphatic rings. The maximum atomic E-state index is 6.50. The van der Waals surface area contributed by atoms with Crippen molar-refractivity contribution in [1.82, 2.24) is 14.3 Å². The maximum Gasteiger partial charge on any atom is 0.0868 e. The summed E-state index contributed by atoms with van der Waals surface area (Å²) in [5.41, 5.74) is 3.25. The average molecular weight is 367 g/mol. The number of aromatic nitrogens is 3. The van der Waals surface area contributed by atoms with Crippen LogP contribution in [0.5, 0.6) is 0 Å². The molecule has 0 fully saturated rings. The molecule has 0 saturated heterocycles. The van der Waals surface area contributed by atoms with Gasteiger partial charge < -0.3 is 4.57 Å². The van der Waals surface area contributed by atoms with Crippen LogP contribution in [0.4, 0.5) is 0 Å². The van der Waals surface area contributed by atoms with Crippen LogP contribution in [0.1, 0.15) is 25.2 Å². The van der Waals surface area contributed by atoms with E-state index in [2.05, 4.69) is 69.9 Å². The third kappa shape index (κ3) is 2.51. The Morgan fingerprint density at radius 1 is 1.24 bits per heavy atom. The van der Waals surface area contributed by atoms with E-state index >= 15 is 0 Å². The first-order chi connectivity index (χ1) is 10.2. The lowest BCUT2D eigenvalue weighted by molar-refractivity contribution is 0.599. The highest BCUT2D eigenvalue weighted by Gasteiger charge is 2.15. The van der Waals surface area contributed by atoms with Crippen LogP contribution in [0.2, 0.25) is 5.02 Å². The quantitative estimate of drug-likeness (QED) is 0.645. The molecule has 0 atom stereocenters. The molecule has 3 aromatic rings. The minimum atomic E-state index is 0.736. The molecule has 0 amide bonds. The van der Waals surface area contributed by atoms with E-state index in [1.165, 1.54) is 10.9 Å². The van der Waals surface area contributed by atoms with Crippen molar-refractivity contribution < 1.29 is 0 Å². The lowest BCUT2D eigenvalue weighted by atomic mass is 10.2. The van der Waals surface area contributed by atoms with Gasteiger partial charge in [-0.2, -0.15) is 5.10 Å². The molecule has 0 N–H and O–H groups in total. The molecule has 5 heteroatoms. The SMILES string of the molecule is CCc1nn(CC)c(Cn2ccc3c(Br)cccc32)c1Cl. The zero-order valence-electron chi connectivity index (χ0n) is 12.1. The molecule has 110 valence electrons. The Kier molecular flexibility index (Phi) is 4.09. The molecule has 3 nitrogen and oxygen atoms in total. The van der Waals surface area contributed by atoms with Gasteiger partial charge in [-0.1, -0.05) is 40.5 Å². The summed E-state index contributed by atoms with van der Waals surface area (Å²) in [6.07, 6.45) is 2.96. The van der Waals surface area contributed by atoms with Gasteiger partial charge in [-0.05, 0) is 31.5 Å². The number of fused-ring (bicyclic) bond motifs is 1. The third-order valence-corrected chi connectivity index (χ3v) is 4.90. The summed E-state index contributed by atoms with van der Waals surface area (Å²) in [5, 5.41) is 6.60. The van der Waals surface area contributed by atoms with Gasteiger partial charge in [-0.25, -0.2) is 0 Å². The average Bonchev–Trinajstić information content (AvgIpc) is 3.03. The van der Waals surface area contributed by atoms with E-state index in [1.54, 1.807) is 0 Å². The summed E-state index contributed by atoms with van der Waals surface area (Å²) in [7, 11) is 0. The molecule has 0 unspecified atom stereocenters. The largest absolute Gasteiger partial charge is 0.341 e. The van der Waals surface area contributed by atoms with Crippen LogP contribution in [-0.2, 0) is 19.5 Å². The highest BCUT2D eigenvalue weighted by Crippen LogP contribution is 2.27. The number of aryl methyl sites for hydroxylation is 2. The molecule has 1 aromatic carbocycles. The highest BCUT2D eigenvalue weighted by molar-refractivity contribution is 9.10. The van der Waals surface area contributed by atoms with Crippen molar-refractivity contribution >= 4 is 38.4 Å². The van der Waals surface area contributed by atoms with Crippen LogP contribution in [0.15, 0.2) is 34.9 Å². The van der Waals surface area contributed by atoms with Crippen molar-refractivity contribution in [3.8, 4) is 0 Å². The van der Waals surface area contributed by atoms with Crippen molar-refractivity contribution in [2.24, 2.45) is 0 Å². The fraction of sp³-hybridized carbons (Fsp3) is 0.312. The Balaban J connectivity index is 2.07. The molecule has 21 heavy (non-hydrogen) atoms. The normalized spacial score (nSPS) is 11.4. The van der Waals surface area contributed by atoms with Gasteiger partial charge in [0.05, 0.1) is 23.0 Å². The maximum absolute atomic E-state index is 6.50. The summed E-state index contributed by atoms with van der Waals surface area (Å²) in [6.45, 7) is 5.74. The van der Waals surface area contributed by atoms with Crippen molar-refractivity contribution in [2.75, 3.05) is 0 Å². The molecule has 2 heterocycles. The molecule has 0 aliphatic heterocycles. The van der Waals surface area contributed by atoms with Gasteiger partial charge in [-0.3, -0.25) is 4.68 Å². The Labute approximate surface area is 137 Å². The minimum absolute atomic E-state index is 0.736. The summed E-state index contributed by atoms with van der Waals surface area (Å²) in [5.74, 6) is 0. The van der Waals surface area contributed by atoms with Crippen LogP contribution < -0.4 is 0 Å². The first kappa shape index (κ1) is 14.7. The molecule has 0 radical (unpaired) electrons. The second-order valence-electron chi connectivity index (χ2n) is 4.99. The van der Waals surface area contributed by atoms with Crippen LogP contribution >= 0.6 is 27.5 Å². The summed E-state index contributed by atoms with van der Waals surface area (Å²) >= 11 is 10.1. The van der Waals surface area contributed by atoms with E-state index in [0.29, 0.717) is 0 Å².